The van der Waals surface area contributed by atoms with Gasteiger partial charge in [0, 0.05) is 5.67 Å². The Balaban J connectivity index is 2.87. The molecule has 1 aromatic rings. The Labute approximate surface area is 161 Å². The third kappa shape index (κ3) is 6.64. The van der Waals surface area contributed by atoms with Gasteiger partial charge in [0.2, 0.25) is 0 Å². The predicted octanol–water partition coefficient (Wildman–Crippen LogP) is 4.11. The van der Waals surface area contributed by atoms with Crippen molar-refractivity contribution in [1.82, 2.24) is 5.32 Å². The Morgan fingerprint density at radius 2 is 1.92 bits per heavy atom. The molecular weight excluding hydrogens is 354 g/mol. The van der Waals surface area contributed by atoms with Gasteiger partial charge in [0.15, 0.2) is 8.32 Å². The van der Waals surface area contributed by atoms with Crippen molar-refractivity contribution >= 4 is 32.5 Å². The van der Waals surface area contributed by atoms with Gasteiger partial charge in [0.1, 0.15) is 19.0 Å². The van der Waals surface area contributed by atoms with Crippen molar-refractivity contribution in [2.75, 3.05) is 0 Å². The molecule has 0 aliphatic heterocycles. The standard InChI is InChI=1S/C20H35NOSi3/c1-10-18(24-17-14-12-13-15(3)16(17)4)21-19(23-11-2)22-25(8,9)20(5,6)7/h11-14,18-19,21H,2,10H2,1,3-9H3. The van der Waals surface area contributed by atoms with Crippen LogP contribution in [0.15, 0.2) is 30.5 Å². The number of hydrogen-bond acceptors (Lipinski definition) is 2. The van der Waals surface area contributed by atoms with Crippen molar-refractivity contribution in [2.24, 2.45) is 0 Å². The van der Waals surface area contributed by atoms with Crippen LogP contribution in [0.1, 0.15) is 45.2 Å². The summed E-state index contributed by atoms with van der Waals surface area (Å²) in [5.74, 6) is 0.0842. The van der Waals surface area contributed by atoms with Crippen molar-refractivity contribution in [3.05, 3.63) is 41.6 Å². The van der Waals surface area contributed by atoms with Crippen LogP contribution in [0.4, 0.5) is 0 Å². The average molecular weight is 390 g/mol. The summed E-state index contributed by atoms with van der Waals surface area (Å²) in [5.41, 5.74) is 5.25. The number of benzene rings is 1. The van der Waals surface area contributed by atoms with Gasteiger partial charge in [-0.25, -0.2) is 0 Å². The smallest absolute Gasteiger partial charge is 0.193 e. The molecule has 2 unspecified atom stereocenters. The van der Waals surface area contributed by atoms with Crippen LogP contribution in [0.2, 0.25) is 18.1 Å². The number of aryl methyl sites for hydroxylation is 1. The van der Waals surface area contributed by atoms with Gasteiger partial charge in [-0.2, -0.15) is 0 Å². The third-order valence-electron chi connectivity index (χ3n) is 5.18. The predicted molar refractivity (Wildman–Crippen MR) is 117 cm³/mol. The summed E-state index contributed by atoms with van der Waals surface area (Å²) in [6.45, 7) is 22.2. The fraction of sp³-hybridized carbons (Fsp3) is 0.600. The van der Waals surface area contributed by atoms with Gasteiger partial charge in [-0.1, -0.05) is 51.1 Å². The van der Waals surface area contributed by atoms with E-state index in [0.717, 1.165) is 15.9 Å². The maximum absolute atomic E-state index is 6.64. The van der Waals surface area contributed by atoms with Crippen LogP contribution >= 0.6 is 0 Å². The number of rotatable bonds is 9. The van der Waals surface area contributed by atoms with E-state index in [9.17, 15) is 0 Å². The monoisotopic (exact) mass is 389 g/mol. The molecule has 0 saturated heterocycles. The van der Waals surface area contributed by atoms with E-state index in [1.54, 1.807) is 0 Å². The summed E-state index contributed by atoms with van der Waals surface area (Å²) < 4.78 is 6.64. The molecule has 0 fully saturated rings. The molecule has 0 aliphatic rings. The van der Waals surface area contributed by atoms with Crippen molar-refractivity contribution in [2.45, 2.75) is 77.6 Å². The van der Waals surface area contributed by atoms with E-state index >= 15 is 0 Å². The molecule has 5 heteroatoms. The van der Waals surface area contributed by atoms with Crippen LogP contribution in [0, 0.1) is 13.8 Å². The molecule has 0 amide bonds. The van der Waals surface area contributed by atoms with E-state index in [1.807, 2.05) is 5.70 Å². The molecule has 2 nitrogen and oxygen atoms in total. The molecular formula is C20H35NOSi3. The summed E-state index contributed by atoms with van der Waals surface area (Å²) in [4.78, 5) is 0. The molecule has 0 spiro atoms. The minimum absolute atomic E-state index is 0.0842. The summed E-state index contributed by atoms with van der Waals surface area (Å²) in [7, 11) is -0.462. The van der Waals surface area contributed by atoms with Gasteiger partial charge in [0.05, 0.1) is 5.85 Å². The van der Waals surface area contributed by atoms with Crippen molar-refractivity contribution < 1.29 is 4.43 Å². The SMILES string of the molecule is C=C[Si]C(NC(CC)[Si]c1cccc(C)c1C)O[Si](C)(C)C(C)(C)C. The van der Waals surface area contributed by atoms with E-state index < -0.39 is 8.32 Å². The van der Waals surface area contributed by atoms with Gasteiger partial charge >= 0.3 is 0 Å². The first-order valence-corrected chi connectivity index (χ1v) is 14.3. The second kappa shape index (κ2) is 9.46. The maximum atomic E-state index is 6.64. The van der Waals surface area contributed by atoms with E-state index in [-0.39, 0.29) is 10.9 Å². The molecule has 4 radical (unpaired) electrons. The average Bonchev–Trinajstić information content (AvgIpc) is 2.49. The van der Waals surface area contributed by atoms with E-state index in [0.29, 0.717) is 15.2 Å². The topological polar surface area (TPSA) is 21.3 Å². The lowest BCUT2D eigenvalue weighted by Gasteiger charge is -2.40. The Morgan fingerprint density at radius 3 is 2.44 bits per heavy atom. The first kappa shape index (κ1) is 22.6. The van der Waals surface area contributed by atoms with E-state index in [1.165, 1.54) is 16.3 Å². The molecule has 0 bridgehead atoms. The third-order valence-corrected chi connectivity index (χ3v) is 12.5. The lowest BCUT2D eigenvalue weighted by atomic mass is 10.1. The van der Waals surface area contributed by atoms with Crippen LogP contribution in [-0.2, 0) is 4.43 Å². The second-order valence-electron chi connectivity index (χ2n) is 8.15. The normalized spacial score (nSPS) is 15.0. The van der Waals surface area contributed by atoms with Gasteiger partial charge < -0.3 is 4.43 Å². The fourth-order valence-corrected chi connectivity index (χ4v) is 6.50. The zero-order chi connectivity index (χ0) is 19.3. The molecule has 1 rings (SSSR count). The highest BCUT2D eigenvalue weighted by atomic mass is 28.4. The summed E-state index contributed by atoms with van der Waals surface area (Å²) >= 11 is 0. The first-order valence-electron chi connectivity index (χ1n) is 9.15. The molecule has 1 aromatic carbocycles. The largest absolute Gasteiger partial charge is 0.405 e. The highest BCUT2D eigenvalue weighted by molar-refractivity contribution is 6.74. The molecule has 0 heterocycles. The molecule has 25 heavy (non-hydrogen) atoms. The zero-order valence-corrected chi connectivity index (χ0v) is 20.3. The van der Waals surface area contributed by atoms with Crippen LogP contribution < -0.4 is 10.5 Å². The van der Waals surface area contributed by atoms with Crippen LogP contribution in [0.3, 0.4) is 0 Å². The van der Waals surface area contributed by atoms with Gasteiger partial charge in [0.25, 0.3) is 0 Å². The molecule has 138 valence electrons. The lowest BCUT2D eigenvalue weighted by Crippen LogP contribution is -2.54. The van der Waals surface area contributed by atoms with E-state index in [2.05, 4.69) is 84.7 Å². The molecule has 1 N–H and O–H groups in total. The van der Waals surface area contributed by atoms with Crippen molar-refractivity contribution in [3.63, 3.8) is 0 Å². The Bertz CT molecular complexity index is 567. The van der Waals surface area contributed by atoms with Crippen LogP contribution in [0.25, 0.3) is 0 Å². The minimum atomic E-state index is -1.80. The minimum Gasteiger partial charge on any atom is -0.405 e. The zero-order valence-electron chi connectivity index (χ0n) is 17.3. The Morgan fingerprint density at radius 1 is 1.28 bits per heavy atom. The van der Waals surface area contributed by atoms with E-state index in [4.69, 9.17) is 4.43 Å². The lowest BCUT2D eigenvalue weighted by molar-refractivity contribution is 0.211. The summed E-state index contributed by atoms with van der Waals surface area (Å²) in [6, 6.07) is 6.64. The van der Waals surface area contributed by atoms with Gasteiger partial charge in [-0.05, 0) is 49.5 Å². The summed E-state index contributed by atoms with van der Waals surface area (Å²) in [5, 5.41) is 5.48. The molecule has 2 atom stereocenters. The summed E-state index contributed by atoms with van der Waals surface area (Å²) in [6.07, 6.45) is 1.10. The Kier molecular flexibility index (Phi) is 8.54. The molecule has 0 aromatic heterocycles. The highest BCUT2D eigenvalue weighted by Gasteiger charge is 2.39. The van der Waals surface area contributed by atoms with Crippen LogP contribution in [0.5, 0.6) is 0 Å². The maximum Gasteiger partial charge on any atom is 0.193 e. The molecule has 0 aliphatic carbocycles. The second-order valence-corrected chi connectivity index (χ2v) is 15.7. The highest BCUT2D eigenvalue weighted by Crippen LogP contribution is 2.37. The number of hydrogen-bond donors (Lipinski definition) is 1. The van der Waals surface area contributed by atoms with Crippen molar-refractivity contribution in [1.29, 1.82) is 0 Å². The number of nitrogens with one attached hydrogen (secondary N) is 1. The first-order chi connectivity index (χ1) is 11.5. The molecule has 0 saturated carbocycles. The van der Waals surface area contributed by atoms with Crippen LogP contribution in [-0.4, -0.2) is 38.9 Å². The van der Waals surface area contributed by atoms with Gasteiger partial charge in [-0.3, -0.25) is 5.32 Å². The van der Waals surface area contributed by atoms with Gasteiger partial charge in [-0.15, -0.1) is 12.3 Å². The quantitative estimate of drug-likeness (QED) is 0.507. The Hall–Kier alpha value is -0.469. The fourth-order valence-electron chi connectivity index (χ4n) is 2.23. The van der Waals surface area contributed by atoms with Crippen molar-refractivity contribution in [3.8, 4) is 0 Å².